The third kappa shape index (κ3) is 4.82. The number of allylic oxidation sites excluding steroid dienone is 4. The number of hydrogen-bond acceptors (Lipinski definition) is 1. The largest absolute Gasteiger partial charge is 0.478 e. The molecule has 2 aromatic carbocycles. The van der Waals surface area contributed by atoms with Crippen LogP contribution < -0.4 is 0 Å². The quantitative estimate of drug-likeness (QED) is 0.608. The molecule has 0 saturated heterocycles. The molecule has 0 aliphatic rings. The van der Waals surface area contributed by atoms with Crippen LogP contribution in [-0.2, 0) is 4.79 Å². The van der Waals surface area contributed by atoms with Crippen LogP contribution in [0, 0.1) is 0 Å². The predicted molar refractivity (Wildman–Crippen MR) is 95.9 cm³/mol. The lowest BCUT2D eigenvalue weighted by Gasteiger charge is -2.05. The van der Waals surface area contributed by atoms with Gasteiger partial charge in [0.15, 0.2) is 0 Å². The van der Waals surface area contributed by atoms with Crippen molar-refractivity contribution in [2.45, 2.75) is 13.8 Å². The second-order valence-corrected chi connectivity index (χ2v) is 5.32. The Kier molecular flexibility index (Phi) is 5.70. The Morgan fingerprint density at radius 1 is 0.913 bits per heavy atom. The van der Waals surface area contributed by atoms with E-state index in [1.54, 1.807) is 6.92 Å². The molecule has 0 atom stereocenters. The second kappa shape index (κ2) is 7.95. The van der Waals surface area contributed by atoms with Crippen molar-refractivity contribution in [3.63, 3.8) is 0 Å². The molecule has 116 valence electrons. The molecule has 0 amide bonds. The molecule has 2 nitrogen and oxygen atoms in total. The summed E-state index contributed by atoms with van der Waals surface area (Å²) in [4.78, 5) is 11.3. The summed E-state index contributed by atoms with van der Waals surface area (Å²) >= 11 is 0. The molecule has 0 fully saturated rings. The maximum atomic E-state index is 11.3. The number of aliphatic carboxylic acids is 1. The molecule has 0 aliphatic carbocycles. The molecule has 0 spiro atoms. The number of benzene rings is 2. The summed E-state index contributed by atoms with van der Waals surface area (Å²) in [5.41, 5.74) is 4.17. The van der Waals surface area contributed by atoms with Gasteiger partial charge in [-0.25, -0.2) is 4.79 Å². The second-order valence-electron chi connectivity index (χ2n) is 5.32. The summed E-state index contributed by atoms with van der Waals surface area (Å²) in [5, 5.41) is 9.31. The van der Waals surface area contributed by atoms with Crippen LogP contribution >= 0.6 is 0 Å². The molecule has 0 radical (unpaired) electrons. The van der Waals surface area contributed by atoms with Crippen molar-refractivity contribution in [2.75, 3.05) is 0 Å². The van der Waals surface area contributed by atoms with Gasteiger partial charge in [-0.15, -0.1) is 0 Å². The highest BCUT2D eigenvalue weighted by atomic mass is 16.4. The van der Waals surface area contributed by atoms with Crippen LogP contribution in [-0.4, -0.2) is 11.1 Å². The fraction of sp³-hybridized carbons (Fsp3) is 0.0952. The van der Waals surface area contributed by atoms with Gasteiger partial charge in [-0.2, -0.15) is 0 Å². The van der Waals surface area contributed by atoms with E-state index in [4.69, 9.17) is 0 Å². The molecule has 0 unspecified atom stereocenters. The first kappa shape index (κ1) is 16.5. The third-order valence-corrected chi connectivity index (χ3v) is 3.61. The number of carboxylic acid groups (broad SMARTS) is 1. The lowest BCUT2D eigenvalue weighted by molar-refractivity contribution is -0.132. The van der Waals surface area contributed by atoms with Gasteiger partial charge in [-0.1, -0.05) is 78.9 Å². The van der Waals surface area contributed by atoms with Crippen LogP contribution in [0.1, 0.15) is 25.0 Å². The zero-order valence-corrected chi connectivity index (χ0v) is 13.4. The monoisotopic (exact) mass is 304 g/mol. The third-order valence-electron chi connectivity index (χ3n) is 3.61. The van der Waals surface area contributed by atoms with E-state index in [1.165, 1.54) is 0 Å². The minimum Gasteiger partial charge on any atom is -0.478 e. The van der Waals surface area contributed by atoms with Crippen LogP contribution in [0.4, 0.5) is 0 Å². The first-order valence-electron chi connectivity index (χ1n) is 7.49. The van der Waals surface area contributed by atoms with E-state index in [1.807, 2.05) is 85.8 Å². The Balaban J connectivity index is 2.38. The highest BCUT2D eigenvalue weighted by molar-refractivity contribution is 5.89. The SMILES string of the molecule is CC(=CC(C=Cc1ccccc1)=C(C)C(=O)O)c1ccccc1. The van der Waals surface area contributed by atoms with Gasteiger partial charge in [0, 0.05) is 5.57 Å². The Hall–Kier alpha value is -2.87. The van der Waals surface area contributed by atoms with Crippen LogP contribution in [0.25, 0.3) is 11.6 Å². The number of carboxylic acids is 1. The molecular formula is C21H20O2. The van der Waals surface area contributed by atoms with E-state index in [-0.39, 0.29) is 0 Å². The summed E-state index contributed by atoms with van der Waals surface area (Å²) in [6.07, 6.45) is 5.69. The van der Waals surface area contributed by atoms with E-state index in [0.717, 1.165) is 16.7 Å². The summed E-state index contributed by atoms with van der Waals surface area (Å²) < 4.78 is 0. The normalized spacial score (nSPS) is 13.0. The zero-order valence-electron chi connectivity index (χ0n) is 13.4. The average molecular weight is 304 g/mol. The topological polar surface area (TPSA) is 37.3 Å². The summed E-state index contributed by atoms with van der Waals surface area (Å²) in [6, 6.07) is 19.8. The standard InChI is InChI=1S/C21H20O2/c1-16(19-11-7-4-8-12-19)15-20(17(2)21(22)23)14-13-18-9-5-3-6-10-18/h3-15H,1-2H3,(H,22,23). The first-order chi connectivity index (χ1) is 11.1. The molecule has 0 aliphatic heterocycles. The maximum absolute atomic E-state index is 11.3. The smallest absolute Gasteiger partial charge is 0.331 e. The van der Waals surface area contributed by atoms with Crippen molar-refractivity contribution in [1.82, 2.24) is 0 Å². The van der Waals surface area contributed by atoms with Crippen LogP contribution in [0.5, 0.6) is 0 Å². The fourth-order valence-electron chi connectivity index (χ4n) is 2.17. The zero-order chi connectivity index (χ0) is 16.7. The number of hydrogen-bond donors (Lipinski definition) is 1. The van der Waals surface area contributed by atoms with E-state index < -0.39 is 5.97 Å². The first-order valence-corrected chi connectivity index (χ1v) is 7.49. The molecular weight excluding hydrogens is 284 g/mol. The van der Waals surface area contributed by atoms with E-state index in [2.05, 4.69) is 0 Å². The molecule has 0 heterocycles. The van der Waals surface area contributed by atoms with Crippen molar-refractivity contribution in [3.05, 3.63) is 95.1 Å². The minimum atomic E-state index is -0.908. The molecule has 0 aromatic heterocycles. The molecule has 0 bridgehead atoms. The summed E-state index contributed by atoms with van der Waals surface area (Å²) in [5.74, 6) is -0.908. The van der Waals surface area contributed by atoms with Gasteiger partial charge in [0.2, 0.25) is 0 Å². The summed E-state index contributed by atoms with van der Waals surface area (Å²) in [7, 11) is 0. The Morgan fingerprint density at radius 3 is 2.04 bits per heavy atom. The van der Waals surface area contributed by atoms with Crippen molar-refractivity contribution in [3.8, 4) is 0 Å². The molecule has 1 N–H and O–H groups in total. The van der Waals surface area contributed by atoms with Gasteiger partial charge in [0.1, 0.15) is 0 Å². The summed E-state index contributed by atoms with van der Waals surface area (Å²) in [6.45, 7) is 3.61. The van der Waals surface area contributed by atoms with E-state index >= 15 is 0 Å². The van der Waals surface area contributed by atoms with Crippen molar-refractivity contribution in [2.24, 2.45) is 0 Å². The Bertz CT molecular complexity index is 751. The van der Waals surface area contributed by atoms with Crippen LogP contribution in [0.3, 0.4) is 0 Å². The van der Waals surface area contributed by atoms with Crippen molar-refractivity contribution in [1.29, 1.82) is 0 Å². The van der Waals surface area contributed by atoms with Gasteiger partial charge < -0.3 is 5.11 Å². The van der Waals surface area contributed by atoms with Gasteiger partial charge in [0.05, 0.1) is 0 Å². The highest BCUT2D eigenvalue weighted by Crippen LogP contribution is 2.19. The average Bonchev–Trinajstić information content (AvgIpc) is 2.59. The van der Waals surface area contributed by atoms with Crippen LogP contribution in [0.15, 0.2) is 84.0 Å². The molecule has 2 aromatic rings. The van der Waals surface area contributed by atoms with E-state index in [0.29, 0.717) is 11.1 Å². The van der Waals surface area contributed by atoms with Gasteiger partial charge >= 0.3 is 5.97 Å². The van der Waals surface area contributed by atoms with Gasteiger partial charge in [0.25, 0.3) is 0 Å². The molecule has 23 heavy (non-hydrogen) atoms. The lowest BCUT2D eigenvalue weighted by atomic mass is 10.0. The van der Waals surface area contributed by atoms with E-state index in [9.17, 15) is 9.90 Å². The number of rotatable bonds is 5. The highest BCUT2D eigenvalue weighted by Gasteiger charge is 2.06. The molecule has 0 saturated carbocycles. The maximum Gasteiger partial charge on any atom is 0.331 e. The van der Waals surface area contributed by atoms with Gasteiger partial charge in [-0.3, -0.25) is 0 Å². The fourth-order valence-corrected chi connectivity index (χ4v) is 2.17. The number of carbonyl (C=O) groups is 1. The Labute approximate surface area is 137 Å². The van der Waals surface area contributed by atoms with Crippen molar-refractivity contribution < 1.29 is 9.90 Å². The van der Waals surface area contributed by atoms with Crippen LogP contribution in [0.2, 0.25) is 0 Å². The predicted octanol–water partition coefficient (Wildman–Crippen LogP) is 5.20. The van der Waals surface area contributed by atoms with Crippen molar-refractivity contribution >= 4 is 17.6 Å². The molecule has 2 rings (SSSR count). The lowest BCUT2D eigenvalue weighted by Crippen LogP contribution is -1.99. The Morgan fingerprint density at radius 2 is 1.48 bits per heavy atom. The minimum absolute atomic E-state index is 0.326. The van der Waals surface area contributed by atoms with Gasteiger partial charge in [-0.05, 0) is 36.1 Å². The molecule has 2 heteroatoms.